The minimum absolute atomic E-state index is 0.530. The molecule has 0 aliphatic carbocycles. The molecule has 0 bridgehead atoms. The van der Waals surface area contributed by atoms with Gasteiger partial charge in [0.2, 0.25) is 0 Å². The standard InChI is InChI=1S/C10H17N3OS/c1-13-8-9(7-12-13)6-11-10-2-4-15(14)5-3-10/h7-8,10-11H,2-6H2,1H3. The molecule has 1 saturated heterocycles. The van der Waals surface area contributed by atoms with Crippen LogP contribution >= 0.6 is 0 Å². The molecule has 1 aromatic rings. The van der Waals surface area contributed by atoms with E-state index >= 15 is 0 Å². The molecule has 1 fully saturated rings. The molecule has 0 amide bonds. The Hall–Kier alpha value is -0.680. The monoisotopic (exact) mass is 227 g/mol. The third kappa shape index (κ3) is 3.14. The normalized spacial score (nSPS) is 26.7. The van der Waals surface area contributed by atoms with Gasteiger partial charge in [-0.05, 0) is 12.8 Å². The van der Waals surface area contributed by atoms with E-state index < -0.39 is 10.8 Å². The molecule has 0 saturated carbocycles. The maximum Gasteiger partial charge on any atom is 0.0534 e. The molecule has 84 valence electrons. The molecule has 2 rings (SSSR count). The molecular formula is C10H17N3OS. The van der Waals surface area contributed by atoms with Crippen LogP contribution in [-0.2, 0) is 24.4 Å². The van der Waals surface area contributed by atoms with Crippen LogP contribution in [0.3, 0.4) is 0 Å². The first-order chi connectivity index (χ1) is 7.24. The van der Waals surface area contributed by atoms with Crippen LogP contribution in [0.4, 0.5) is 0 Å². The first kappa shape index (κ1) is 10.8. The van der Waals surface area contributed by atoms with Crippen molar-refractivity contribution in [3.63, 3.8) is 0 Å². The summed E-state index contributed by atoms with van der Waals surface area (Å²) >= 11 is 0. The van der Waals surface area contributed by atoms with Crippen molar-refractivity contribution in [3.8, 4) is 0 Å². The van der Waals surface area contributed by atoms with Crippen LogP contribution in [0.25, 0.3) is 0 Å². The van der Waals surface area contributed by atoms with Gasteiger partial charge in [0.15, 0.2) is 0 Å². The van der Waals surface area contributed by atoms with Gasteiger partial charge in [0.1, 0.15) is 0 Å². The predicted octanol–water partition coefficient (Wildman–Crippen LogP) is 0.421. The van der Waals surface area contributed by atoms with Crippen molar-refractivity contribution in [2.24, 2.45) is 7.05 Å². The van der Waals surface area contributed by atoms with Crippen LogP contribution in [0.1, 0.15) is 18.4 Å². The van der Waals surface area contributed by atoms with Crippen LogP contribution in [-0.4, -0.2) is 31.5 Å². The van der Waals surface area contributed by atoms with Crippen molar-refractivity contribution in [3.05, 3.63) is 18.0 Å². The van der Waals surface area contributed by atoms with E-state index in [4.69, 9.17) is 0 Å². The zero-order valence-corrected chi connectivity index (χ0v) is 9.80. The average Bonchev–Trinajstić information content (AvgIpc) is 2.64. The Bertz CT molecular complexity index is 340. The van der Waals surface area contributed by atoms with Gasteiger partial charge in [0.25, 0.3) is 0 Å². The Balaban J connectivity index is 1.76. The fourth-order valence-corrected chi connectivity index (χ4v) is 3.12. The molecule has 1 N–H and O–H groups in total. The Labute approximate surface area is 92.5 Å². The Kier molecular flexibility index (Phi) is 3.53. The number of aryl methyl sites for hydroxylation is 1. The number of nitrogens with zero attached hydrogens (tertiary/aromatic N) is 2. The van der Waals surface area contributed by atoms with Crippen molar-refractivity contribution < 1.29 is 4.21 Å². The molecule has 0 atom stereocenters. The third-order valence-corrected chi connectivity index (χ3v) is 4.12. The van der Waals surface area contributed by atoms with Crippen LogP contribution in [0.5, 0.6) is 0 Å². The summed E-state index contributed by atoms with van der Waals surface area (Å²) in [5.74, 6) is 1.70. The second-order valence-electron chi connectivity index (χ2n) is 4.03. The number of rotatable bonds is 3. The number of hydrogen-bond donors (Lipinski definition) is 1. The lowest BCUT2D eigenvalue weighted by Crippen LogP contribution is -2.35. The highest BCUT2D eigenvalue weighted by molar-refractivity contribution is 7.85. The summed E-state index contributed by atoms with van der Waals surface area (Å²) in [6.45, 7) is 0.866. The van der Waals surface area contributed by atoms with E-state index in [1.54, 1.807) is 0 Å². The summed E-state index contributed by atoms with van der Waals surface area (Å²) in [4.78, 5) is 0. The van der Waals surface area contributed by atoms with E-state index in [-0.39, 0.29) is 0 Å². The smallest absolute Gasteiger partial charge is 0.0534 e. The fourth-order valence-electron chi connectivity index (χ4n) is 1.82. The quantitative estimate of drug-likeness (QED) is 0.814. The van der Waals surface area contributed by atoms with Crippen molar-refractivity contribution >= 4 is 10.8 Å². The summed E-state index contributed by atoms with van der Waals surface area (Å²) in [6, 6.07) is 0.530. The lowest BCUT2D eigenvalue weighted by atomic mass is 10.1. The molecule has 15 heavy (non-hydrogen) atoms. The van der Waals surface area contributed by atoms with E-state index in [0.717, 1.165) is 30.9 Å². The lowest BCUT2D eigenvalue weighted by molar-refractivity contribution is 0.475. The predicted molar refractivity (Wildman–Crippen MR) is 60.9 cm³/mol. The summed E-state index contributed by atoms with van der Waals surface area (Å²) < 4.78 is 13.0. The van der Waals surface area contributed by atoms with Gasteiger partial charge in [0, 0.05) is 53.7 Å². The van der Waals surface area contributed by atoms with Gasteiger partial charge in [-0.15, -0.1) is 0 Å². The van der Waals surface area contributed by atoms with Gasteiger partial charge in [-0.3, -0.25) is 8.89 Å². The van der Waals surface area contributed by atoms with Gasteiger partial charge in [-0.2, -0.15) is 5.10 Å². The first-order valence-corrected chi connectivity index (χ1v) is 6.79. The molecule has 4 nitrogen and oxygen atoms in total. The molecule has 0 aromatic carbocycles. The van der Waals surface area contributed by atoms with E-state index in [2.05, 4.69) is 10.4 Å². The maximum absolute atomic E-state index is 11.2. The number of nitrogens with one attached hydrogen (secondary N) is 1. The summed E-state index contributed by atoms with van der Waals surface area (Å²) in [7, 11) is 1.36. The van der Waals surface area contributed by atoms with Gasteiger partial charge in [-0.25, -0.2) is 0 Å². The van der Waals surface area contributed by atoms with Crippen LogP contribution in [0.15, 0.2) is 12.4 Å². The molecular weight excluding hydrogens is 210 g/mol. The van der Waals surface area contributed by atoms with E-state index in [0.29, 0.717) is 6.04 Å². The number of aromatic nitrogens is 2. The highest BCUT2D eigenvalue weighted by Crippen LogP contribution is 2.09. The second-order valence-corrected chi connectivity index (χ2v) is 5.72. The minimum atomic E-state index is -0.561. The topological polar surface area (TPSA) is 46.9 Å². The highest BCUT2D eigenvalue weighted by Gasteiger charge is 2.16. The highest BCUT2D eigenvalue weighted by atomic mass is 32.2. The number of hydrogen-bond acceptors (Lipinski definition) is 3. The van der Waals surface area contributed by atoms with Gasteiger partial charge in [0.05, 0.1) is 6.20 Å². The van der Waals surface area contributed by atoms with Crippen molar-refractivity contribution in [1.29, 1.82) is 0 Å². The fraction of sp³-hybridized carbons (Fsp3) is 0.700. The zero-order valence-electron chi connectivity index (χ0n) is 8.98. The Morgan fingerprint density at radius 2 is 2.33 bits per heavy atom. The minimum Gasteiger partial charge on any atom is -0.310 e. The van der Waals surface area contributed by atoms with Crippen molar-refractivity contribution in [2.45, 2.75) is 25.4 Å². The summed E-state index contributed by atoms with van der Waals surface area (Å²) in [5, 5.41) is 7.60. The van der Waals surface area contributed by atoms with Crippen LogP contribution in [0, 0.1) is 0 Å². The van der Waals surface area contributed by atoms with E-state index in [9.17, 15) is 4.21 Å². The van der Waals surface area contributed by atoms with Crippen molar-refractivity contribution in [2.75, 3.05) is 11.5 Å². The molecule has 0 spiro atoms. The summed E-state index contributed by atoms with van der Waals surface area (Å²) in [5.41, 5.74) is 1.21. The Morgan fingerprint density at radius 1 is 1.60 bits per heavy atom. The van der Waals surface area contributed by atoms with Crippen LogP contribution in [0.2, 0.25) is 0 Å². The average molecular weight is 227 g/mol. The van der Waals surface area contributed by atoms with E-state index in [1.165, 1.54) is 5.56 Å². The largest absolute Gasteiger partial charge is 0.310 e. The molecule has 0 radical (unpaired) electrons. The van der Waals surface area contributed by atoms with Crippen molar-refractivity contribution in [1.82, 2.24) is 15.1 Å². The maximum atomic E-state index is 11.2. The third-order valence-electron chi connectivity index (χ3n) is 2.74. The Morgan fingerprint density at radius 3 is 2.93 bits per heavy atom. The molecule has 2 heterocycles. The van der Waals surface area contributed by atoms with E-state index in [1.807, 2.05) is 24.1 Å². The molecule has 1 aromatic heterocycles. The van der Waals surface area contributed by atoms with Crippen LogP contribution < -0.4 is 5.32 Å². The zero-order chi connectivity index (χ0) is 10.7. The molecule has 0 unspecified atom stereocenters. The van der Waals surface area contributed by atoms with Gasteiger partial charge >= 0.3 is 0 Å². The molecule has 5 heteroatoms. The SMILES string of the molecule is Cn1cc(CNC2CCS(=O)CC2)cn1. The molecule has 1 aliphatic rings. The molecule has 1 aliphatic heterocycles. The lowest BCUT2D eigenvalue weighted by Gasteiger charge is -2.22. The summed E-state index contributed by atoms with van der Waals surface area (Å²) in [6.07, 6.45) is 5.97. The van der Waals surface area contributed by atoms with Gasteiger partial charge < -0.3 is 5.32 Å². The van der Waals surface area contributed by atoms with Gasteiger partial charge in [-0.1, -0.05) is 0 Å². The second kappa shape index (κ2) is 4.90. The first-order valence-electron chi connectivity index (χ1n) is 5.30.